The zero-order valence-corrected chi connectivity index (χ0v) is 27.8. The molecule has 1 aromatic carbocycles. The van der Waals surface area contributed by atoms with Gasteiger partial charge >= 0.3 is 0 Å². The number of amides is 3. The summed E-state index contributed by atoms with van der Waals surface area (Å²) in [5, 5.41) is 8.58. The number of allylic oxidation sites excluding steroid dienone is 4. The molecule has 2 rings (SSSR count). The van der Waals surface area contributed by atoms with Crippen LogP contribution in [0.4, 0.5) is 11.4 Å². The van der Waals surface area contributed by atoms with Crippen molar-refractivity contribution in [2.75, 3.05) is 23.8 Å². The van der Waals surface area contributed by atoms with Crippen LogP contribution in [-0.4, -0.2) is 42.8 Å². The molecule has 3 amide bonds. The first-order chi connectivity index (χ1) is 21.0. The highest BCUT2D eigenvalue weighted by atomic mass is 16.7. The molecule has 1 aliphatic heterocycles. The Morgan fingerprint density at radius 1 is 0.818 bits per heavy atom. The van der Waals surface area contributed by atoms with Crippen molar-refractivity contribution in [3.05, 3.63) is 48.6 Å². The first-order valence-corrected chi connectivity index (χ1v) is 16.6. The van der Waals surface area contributed by atoms with Crippen LogP contribution in [0.15, 0.2) is 48.6 Å². The topological polar surface area (TPSA) is 106 Å². The van der Waals surface area contributed by atoms with Crippen molar-refractivity contribution < 1.29 is 23.9 Å². The molecule has 0 aromatic heterocycles. The average molecular weight is 612 g/mol. The molecule has 1 heterocycles. The van der Waals surface area contributed by atoms with E-state index in [1.54, 1.807) is 38.1 Å². The number of rotatable bonds is 20. The Morgan fingerprint density at radius 3 is 2.07 bits per heavy atom. The highest BCUT2D eigenvalue weighted by molar-refractivity contribution is 5.94. The summed E-state index contributed by atoms with van der Waals surface area (Å²) in [5.74, 6) is -1.35. The Morgan fingerprint density at radius 2 is 1.41 bits per heavy atom. The molecule has 44 heavy (non-hydrogen) atoms. The molecule has 1 fully saturated rings. The van der Waals surface area contributed by atoms with Crippen LogP contribution in [0.1, 0.15) is 118 Å². The Bertz CT molecular complexity index is 1080. The maximum Gasteiger partial charge on any atom is 0.249 e. The molecule has 0 radical (unpaired) electrons. The standard InChI is InChI=1S/C36H57N3O5/c1-6-7-8-9-10-11-12-13-14-15-16-17-18-19-20-24-31(40)38-29-22-21-23-30(27-29)39-32(41)25-26-37-34(42)33-35(2,3)28-43-36(4,5)44-33/h10-11,13-14,21-23,27,33H,6-9,12,15-20,24-26,28H2,1-5H3,(H,37,42)(H,38,40)(H,39,41)/b11-10-,14-13-. The van der Waals surface area contributed by atoms with Crippen LogP contribution in [0.3, 0.4) is 0 Å². The molecule has 8 nitrogen and oxygen atoms in total. The minimum Gasteiger partial charge on any atom is -0.353 e. The largest absolute Gasteiger partial charge is 0.353 e. The normalized spacial score (nSPS) is 17.5. The van der Waals surface area contributed by atoms with E-state index in [1.165, 1.54) is 38.5 Å². The molecule has 1 aliphatic rings. The van der Waals surface area contributed by atoms with Crippen LogP contribution in [0.2, 0.25) is 0 Å². The van der Waals surface area contributed by atoms with E-state index >= 15 is 0 Å². The molecule has 8 heteroatoms. The number of benzene rings is 1. The Labute approximate surface area is 265 Å². The predicted molar refractivity (Wildman–Crippen MR) is 179 cm³/mol. The minimum absolute atomic E-state index is 0.0247. The van der Waals surface area contributed by atoms with Crippen molar-refractivity contribution in [3.63, 3.8) is 0 Å². The smallest absolute Gasteiger partial charge is 0.249 e. The van der Waals surface area contributed by atoms with E-state index in [-0.39, 0.29) is 30.7 Å². The third-order valence-corrected chi connectivity index (χ3v) is 7.58. The molecule has 0 saturated carbocycles. The lowest BCUT2D eigenvalue weighted by atomic mass is 9.85. The zero-order valence-electron chi connectivity index (χ0n) is 27.8. The van der Waals surface area contributed by atoms with Crippen LogP contribution in [0.5, 0.6) is 0 Å². The summed E-state index contributed by atoms with van der Waals surface area (Å²) in [4.78, 5) is 37.7. The first kappa shape index (κ1) is 37.2. The third kappa shape index (κ3) is 15.7. The van der Waals surface area contributed by atoms with Gasteiger partial charge in [-0.15, -0.1) is 0 Å². The van der Waals surface area contributed by atoms with Gasteiger partial charge in [-0.25, -0.2) is 0 Å². The second kappa shape index (κ2) is 20.1. The molecule has 0 bridgehead atoms. The van der Waals surface area contributed by atoms with Crippen molar-refractivity contribution in [1.82, 2.24) is 5.32 Å². The molecule has 3 N–H and O–H groups in total. The van der Waals surface area contributed by atoms with Crippen molar-refractivity contribution in [2.24, 2.45) is 5.41 Å². The number of hydrogen-bond donors (Lipinski definition) is 3. The quantitative estimate of drug-likeness (QED) is 0.102. The summed E-state index contributed by atoms with van der Waals surface area (Å²) in [6, 6.07) is 7.11. The Kier molecular flexibility index (Phi) is 17.0. The predicted octanol–water partition coefficient (Wildman–Crippen LogP) is 8.06. The SMILES string of the molecule is CCCCC/C=C\C/C=C\CCCCCCCC(=O)Nc1cccc(NC(=O)CCNC(=O)C2OC(C)(C)OCC2(C)C)c1. The van der Waals surface area contributed by atoms with Gasteiger partial charge in [-0.3, -0.25) is 14.4 Å². The summed E-state index contributed by atoms with van der Waals surface area (Å²) in [5.41, 5.74) is 0.756. The highest BCUT2D eigenvalue weighted by Gasteiger charge is 2.45. The van der Waals surface area contributed by atoms with Gasteiger partial charge in [0.2, 0.25) is 17.7 Å². The van der Waals surface area contributed by atoms with Gasteiger partial charge in [0.1, 0.15) is 6.10 Å². The highest BCUT2D eigenvalue weighted by Crippen LogP contribution is 2.34. The lowest BCUT2D eigenvalue weighted by Crippen LogP contribution is -2.56. The number of carbonyl (C=O) groups excluding carboxylic acids is 3. The maximum absolute atomic E-state index is 12.7. The average Bonchev–Trinajstić information content (AvgIpc) is 2.96. The van der Waals surface area contributed by atoms with Gasteiger partial charge in [-0.05, 0) is 70.6 Å². The van der Waals surface area contributed by atoms with Crippen LogP contribution in [0.25, 0.3) is 0 Å². The zero-order chi connectivity index (χ0) is 32.3. The van der Waals surface area contributed by atoms with Gasteiger partial charge in [0.15, 0.2) is 5.79 Å². The summed E-state index contributed by atoms with van der Waals surface area (Å²) in [7, 11) is 0. The molecule has 1 saturated heterocycles. The summed E-state index contributed by atoms with van der Waals surface area (Å²) in [6.07, 6.45) is 21.7. The molecule has 0 spiro atoms. The van der Waals surface area contributed by atoms with Crippen LogP contribution in [0, 0.1) is 5.41 Å². The first-order valence-electron chi connectivity index (χ1n) is 16.6. The third-order valence-electron chi connectivity index (χ3n) is 7.58. The van der Waals surface area contributed by atoms with Crippen LogP contribution < -0.4 is 16.0 Å². The Balaban J connectivity index is 1.57. The number of ether oxygens (including phenoxy) is 2. The monoisotopic (exact) mass is 611 g/mol. The van der Waals surface area contributed by atoms with Crippen molar-refractivity contribution in [1.29, 1.82) is 0 Å². The number of unbranched alkanes of at least 4 members (excludes halogenated alkanes) is 8. The molecule has 1 aromatic rings. The minimum atomic E-state index is -0.836. The maximum atomic E-state index is 12.7. The van der Waals surface area contributed by atoms with E-state index in [4.69, 9.17) is 9.47 Å². The van der Waals surface area contributed by atoms with Gasteiger partial charge in [0.05, 0.1) is 6.61 Å². The molecule has 246 valence electrons. The van der Waals surface area contributed by atoms with Crippen molar-refractivity contribution in [3.8, 4) is 0 Å². The fraction of sp³-hybridized carbons (Fsp3) is 0.639. The fourth-order valence-corrected chi connectivity index (χ4v) is 4.93. The lowest BCUT2D eigenvalue weighted by Gasteiger charge is -2.44. The van der Waals surface area contributed by atoms with Crippen molar-refractivity contribution in [2.45, 2.75) is 130 Å². The van der Waals surface area contributed by atoms with E-state index < -0.39 is 17.3 Å². The van der Waals surface area contributed by atoms with E-state index in [2.05, 4.69) is 47.2 Å². The molecule has 1 unspecified atom stereocenters. The molecular formula is C36H57N3O5. The molecule has 1 atom stereocenters. The number of nitrogens with one attached hydrogen (secondary N) is 3. The second-order valence-electron chi connectivity index (χ2n) is 12.9. The number of hydrogen-bond acceptors (Lipinski definition) is 5. The summed E-state index contributed by atoms with van der Waals surface area (Å²) < 4.78 is 11.5. The fourth-order valence-electron chi connectivity index (χ4n) is 4.93. The molecular weight excluding hydrogens is 554 g/mol. The van der Waals surface area contributed by atoms with E-state index in [0.717, 1.165) is 32.1 Å². The van der Waals surface area contributed by atoms with Crippen LogP contribution >= 0.6 is 0 Å². The summed E-state index contributed by atoms with van der Waals surface area (Å²) >= 11 is 0. The van der Waals surface area contributed by atoms with E-state index in [0.29, 0.717) is 24.4 Å². The van der Waals surface area contributed by atoms with Gasteiger partial charge in [0, 0.05) is 36.2 Å². The number of carbonyl (C=O) groups is 3. The van der Waals surface area contributed by atoms with Gasteiger partial charge in [-0.2, -0.15) is 0 Å². The second-order valence-corrected chi connectivity index (χ2v) is 12.9. The Hall–Kier alpha value is -2.97. The van der Waals surface area contributed by atoms with Crippen LogP contribution in [-0.2, 0) is 23.9 Å². The van der Waals surface area contributed by atoms with E-state index in [9.17, 15) is 14.4 Å². The van der Waals surface area contributed by atoms with Gasteiger partial charge in [-0.1, -0.05) is 83.2 Å². The number of anilines is 2. The lowest BCUT2D eigenvalue weighted by molar-refractivity contribution is -0.304. The summed E-state index contributed by atoms with van der Waals surface area (Å²) in [6.45, 7) is 10.2. The van der Waals surface area contributed by atoms with Crippen molar-refractivity contribution >= 4 is 29.1 Å². The van der Waals surface area contributed by atoms with Gasteiger partial charge in [0.25, 0.3) is 0 Å². The van der Waals surface area contributed by atoms with E-state index in [1.807, 2.05) is 13.8 Å². The molecule has 0 aliphatic carbocycles. The van der Waals surface area contributed by atoms with Gasteiger partial charge < -0.3 is 25.4 Å².